The number of aromatic nitrogens is 2. The van der Waals surface area contributed by atoms with Gasteiger partial charge in [0.2, 0.25) is 0 Å². The minimum atomic E-state index is -0.270. The number of hydrogen-bond acceptors (Lipinski definition) is 3. The maximum atomic E-state index is 14.4. The third kappa shape index (κ3) is 3.55. The molecule has 4 aromatic rings. The van der Waals surface area contributed by atoms with E-state index in [0.717, 1.165) is 35.0 Å². The molecule has 1 fully saturated rings. The molecule has 0 atom stereocenters. The Hall–Kier alpha value is -3.54. The Morgan fingerprint density at radius 1 is 1.00 bits per heavy atom. The molecule has 1 saturated carbocycles. The van der Waals surface area contributed by atoms with E-state index in [1.165, 1.54) is 6.07 Å². The van der Waals surface area contributed by atoms with Crippen molar-refractivity contribution < 1.29 is 13.9 Å². The number of halogens is 1. The van der Waals surface area contributed by atoms with Crippen molar-refractivity contribution >= 4 is 11.0 Å². The molecular weight excluding hydrogens is 407 g/mol. The summed E-state index contributed by atoms with van der Waals surface area (Å²) in [5, 5.41) is 0. The van der Waals surface area contributed by atoms with Crippen molar-refractivity contribution in [3.05, 3.63) is 82.5 Å². The van der Waals surface area contributed by atoms with Crippen LogP contribution < -0.4 is 15.2 Å². The maximum Gasteiger partial charge on any atom is 0.329 e. The van der Waals surface area contributed by atoms with E-state index < -0.39 is 0 Å². The summed E-state index contributed by atoms with van der Waals surface area (Å²) in [4.78, 5) is 13.4. The molecule has 1 aliphatic rings. The lowest BCUT2D eigenvalue weighted by Crippen LogP contribution is -2.24. The van der Waals surface area contributed by atoms with E-state index in [-0.39, 0.29) is 17.5 Å². The van der Waals surface area contributed by atoms with E-state index in [9.17, 15) is 9.18 Å². The fourth-order valence-corrected chi connectivity index (χ4v) is 4.25. The number of hydrogen-bond donors (Lipinski definition) is 0. The number of nitrogens with zero attached hydrogens (tertiary/aromatic N) is 2. The van der Waals surface area contributed by atoms with Crippen molar-refractivity contribution in [2.45, 2.75) is 32.4 Å². The van der Waals surface area contributed by atoms with Gasteiger partial charge in [0.15, 0.2) is 11.5 Å². The summed E-state index contributed by atoms with van der Waals surface area (Å²) in [5.41, 5.74) is 3.90. The number of methoxy groups -OCH3 is 1. The van der Waals surface area contributed by atoms with Crippen LogP contribution in [0.15, 0.2) is 65.5 Å². The topological polar surface area (TPSA) is 45.4 Å². The van der Waals surface area contributed by atoms with Gasteiger partial charge in [0.25, 0.3) is 0 Å². The Labute approximate surface area is 185 Å². The van der Waals surface area contributed by atoms with Crippen LogP contribution in [0.5, 0.6) is 11.5 Å². The van der Waals surface area contributed by atoms with Crippen LogP contribution in [0, 0.1) is 5.82 Å². The Morgan fingerprint density at radius 3 is 2.53 bits per heavy atom. The lowest BCUT2D eigenvalue weighted by atomic mass is 10.0. The number of imidazole rings is 1. The molecule has 0 spiro atoms. The van der Waals surface area contributed by atoms with Crippen molar-refractivity contribution in [2.75, 3.05) is 13.7 Å². The van der Waals surface area contributed by atoms with Crippen LogP contribution >= 0.6 is 0 Å². The van der Waals surface area contributed by atoms with Gasteiger partial charge in [0.05, 0.1) is 31.3 Å². The Bertz CT molecular complexity index is 1350. The Balaban J connectivity index is 1.61. The predicted molar refractivity (Wildman–Crippen MR) is 123 cm³/mol. The predicted octanol–water partition coefficient (Wildman–Crippen LogP) is 5.40. The third-order valence-electron chi connectivity index (χ3n) is 5.93. The molecule has 1 aliphatic carbocycles. The van der Waals surface area contributed by atoms with E-state index in [4.69, 9.17) is 9.47 Å². The highest BCUT2D eigenvalue weighted by Gasteiger charge is 2.29. The van der Waals surface area contributed by atoms with Gasteiger partial charge in [-0.15, -0.1) is 0 Å². The molecule has 0 N–H and O–H groups in total. The van der Waals surface area contributed by atoms with Crippen molar-refractivity contribution in [3.63, 3.8) is 0 Å². The van der Waals surface area contributed by atoms with Gasteiger partial charge in [-0.25, -0.2) is 9.18 Å². The number of rotatable bonds is 7. The SMILES string of the molecule is CCOc1cc(Cn2c(=O)n(C3CC3)c3cc(-c4ccccc4F)ccc32)ccc1OC. The van der Waals surface area contributed by atoms with Crippen molar-refractivity contribution in [1.29, 1.82) is 0 Å². The Kier molecular flexibility index (Phi) is 5.21. The normalized spacial score (nSPS) is 13.5. The summed E-state index contributed by atoms with van der Waals surface area (Å²) in [6.45, 7) is 2.87. The van der Waals surface area contributed by atoms with Gasteiger partial charge in [-0.2, -0.15) is 0 Å². The van der Waals surface area contributed by atoms with Gasteiger partial charge >= 0.3 is 5.69 Å². The smallest absolute Gasteiger partial charge is 0.329 e. The zero-order valence-electron chi connectivity index (χ0n) is 18.2. The molecular formula is C26H25FN2O3. The molecule has 0 radical (unpaired) electrons. The molecule has 0 aliphatic heterocycles. The molecule has 6 heteroatoms. The van der Waals surface area contributed by atoms with E-state index in [2.05, 4.69) is 0 Å². The number of fused-ring (bicyclic) bond motifs is 1. The number of benzene rings is 3. The van der Waals surface area contributed by atoms with E-state index >= 15 is 0 Å². The summed E-state index contributed by atoms with van der Waals surface area (Å²) in [6.07, 6.45) is 1.97. The minimum Gasteiger partial charge on any atom is -0.493 e. The van der Waals surface area contributed by atoms with E-state index in [1.54, 1.807) is 23.8 Å². The average molecular weight is 432 g/mol. The second-order valence-corrected chi connectivity index (χ2v) is 8.07. The first-order valence-corrected chi connectivity index (χ1v) is 10.9. The van der Waals surface area contributed by atoms with Gasteiger partial charge in [-0.05, 0) is 61.2 Å². The van der Waals surface area contributed by atoms with Gasteiger partial charge in [-0.3, -0.25) is 9.13 Å². The lowest BCUT2D eigenvalue weighted by Gasteiger charge is -2.11. The summed E-state index contributed by atoms with van der Waals surface area (Å²) in [7, 11) is 1.61. The molecule has 0 bridgehead atoms. The minimum absolute atomic E-state index is 0.0399. The van der Waals surface area contributed by atoms with Gasteiger partial charge in [0.1, 0.15) is 5.82 Å². The maximum absolute atomic E-state index is 14.4. The van der Waals surface area contributed by atoms with Crippen LogP contribution in [0.25, 0.3) is 22.2 Å². The second kappa shape index (κ2) is 8.19. The monoisotopic (exact) mass is 432 g/mol. The zero-order valence-corrected chi connectivity index (χ0v) is 18.2. The zero-order chi connectivity index (χ0) is 22.2. The summed E-state index contributed by atoms with van der Waals surface area (Å²) >= 11 is 0. The first-order valence-electron chi connectivity index (χ1n) is 10.9. The fraction of sp³-hybridized carbons (Fsp3) is 0.269. The molecule has 0 unspecified atom stereocenters. The first-order chi connectivity index (χ1) is 15.6. The van der Waals surface area contributed by atoms with Gasteiger partial charge in [0, 0.05) is 11.6 Å². The highest BCUT2D eigenvalue weighted by Crippen LogP contribution is 2.37. The molecule has 3 aromatic carbocycles. The van der Waals surface area contributed by atoms with Crippen LogP contribution in [0.2, 0.25) is 0 Å². The van der Waals surface area contributed by atoms with Crippen LogP contribution in [0.3, 0.4) is 0 Å². The molecule has 5 rings (SSSR count). The fourth-order valence-electron chi connectivity index (χ4n) is 4.25. The molecule has 5 nitrogen and oxygen atoms in total. The van der Waals surface area contributed by atoms with E-state index in [0.29, 0.717) is 30.2 Å². The molecule has 1 heterocycles. The van der Waals surface area contributed by atoms with E-state index in [1.807, 2.05) is 54.0 Å². The van der Waals surface area contributed by atoms with Gasteiger partial charge < -0.3 is 9.47 Å². The van der Waals surface area contributed by atoms with Crippen LogP contribution in [0.4, 0.5) is 4.39 Å². The van der Waals surface area contributed by atoms with Crippen LogP contribution in [-0.2, 0) is 6.54 Å². The van der Waals surface area contributed by atoms with Crippen molar-refractivity contribution in [3.8, 4) is 22.6 Å². The Morgan fingerprint density at radius 2 is 1.81 bits per heavy atom. The lowest BCUT2D eigenvalue weighted by molar-refractivity contribution is 0.310. The van der Waals surface area contributed by atoms with Crippen molar-refractivity contribution in [1.82, 2.24) is 9.13 Å². The summed E-state index contributed by atoms with van der Waals surface area (Å²) in [5.74, 6) is 1.06. The second-order valence-electron chi connectivity index (χ2n) is 8.07. The molecule has 164 valence electrons. The standard InChI is InChI=1S/C26H25FN2O3/c1-3-32-25-14-17(8-13-24(25)31-2)16-28-22-12-9-18(20-6-4-5-7-21(20)27)15-23(22)29(26(28)30)19-10-11-19/h4-9,12-15,19H,3,10-11,16H2,1-2H3. The molecule has 32 heavy (non-hydrogen) atoms. The molecule has 0 saturated heterocycles. The van der Waals surface area contributed by atoms with Crippen LogP contribution in [-0.4, -0.2) is 22.9 Å². The third-order valence-corrected chi connectivity index (χ3v) is 5.93. The molecule has 1 aromatic heterocycles. The average Bonchev–Trinajstić information content (AvgIpc) is 3.60. The number of ether oxygens (including phenoxy) is 2. The van der Waals surface area contributed by atoms with Crippen LogP contribution in [0.1, 0.15) is 31.4 Å². The summed E-state index contributed by atoms with van der Waals surface area (Å²) < 4.78 is 29.1. The first kappa shape index (κ1) is 20.4. The van der Waals surface area contributed by atoms with Crippen molar-refractivity contribution in [2.24, 2.45) is 0 Å². The summed E-state index contributed by atoms with van der Waals surface area (Å²) in [6, 6.07) is 18.4. The molecule has 0 amide bonds. The highest BCUT2D eigenvalue weighted by atomic mass is 19.1. The van der Waals surface area contributed by atoms with Gasteiger partial charge in [-0.1, -0.05) is 30.3 Å². The largest absolute Gasteiger partial charge is 0.493 e. The quantitative estimate of drug-likeness (QED) is 0.393. The highest BCUT2D eigenvalue weighted by molar-refractivity contribution is 5.83.